The zero-order chi connectivity index (χ0) is 22.0. The lowest BCUT2D eigenvalue weighted by molar-refractivity contribution is 0.100. The van der Waals surface area contributed by atoms with Gasteiger partial charge in [-0.2, -0.15) is 14.8 Å². The second kappa shape index (κ2) is 8.50. The molecule has 0 radical (unpaired) electrons. The number of fused-ring (bicyclic) bond motifs is 1. The second-order valence-electron chi connectivity index (χ2n) is 6.89. The topological polar surface area (TPSA) is 152 Å². The first-order valence-corrected chi connectivity index (χ1v) is 9.67. The SMILES string of the molecule is CCc1nnc(-n2ncc3c(C(N)=O)cccc32)nc1NCc1cccc(B(O)O)c1. The average molecular weight is 417 g/mol. The standard InChI is InChI=1S/C20H20BN7O3/c1-2-16-19(23-10-12-5-3-6-13(9-12)21(30)31)25-20(27-26-16)28-17-8-4-7-14(18(22)29)15(17)11-24-28/h3-9,11,30-31H,2,10H2,1H3,(H2,22,29)(H,23,25,27). The maximum absolute atomic E-state index is 11.7. The van der Waals surface area contributed by atoms with E-state index < -0.39 is 13.0 Å². The molecule has 31 heavy (non-hydrogen) atoms. The molecule has 2 aromatic carbocycles. The molecule has 156 valence electrons. The summed E-state index contributed by atoms with van der Waals surface area (Å²) in [5.41, 5.74) is 8.39. The van der Waals surface area contributed by atoms with Crippen LogP contribution < -0.4 is 16.5 Å². The largest absolute Gasteiger partial charge is 0.488 e. The van der Waals surface area contributed by atoms with Crippen molar-refractivity contribution in [1.82, 2.24) is 25.0 Å². The number of anilines is 1. The molecule has 0 aliphatic heterocycles. The van der Waals surface area contributed by atoms with Gasteiger partial charge in [-0.15, -0.1) is 10.2 Å². The monoisotopic (exact) mass is 417 g/mol. The van der Waals surface area contributed by atoms with Crippen molar-refractivity contribution in [1.29, 1.82) is 0 Å². The van der Waals surface area contributed by atoms with Gasteiger partial charge in [0.05, 0.1) is 17.3 Å². The Balaban J connectivity index is 1.67. The number of primary amides is 1. The molecule has 0 aliphatic rings. The van der Waals surface area contributed by atoms with E-state index in [4.69, 9.17) is 5.73 Å². The minimum absolute atomic E-state index is 0.246. The molecule has 0 saturated carbocycles. The number of amides is 1. The fourth-order valence-corrected chi connectivity index (χ4v) is 3.28. The van der Waals surface area contributed by atoms with Crippen molar-refractivity contribution in [3.8, 4) is 5.95 Å². The smallest absolute Gasteiger partial charge is 0.423 e. The number of nitrogens with two attached hydrogens (primary N) is 1. The summed E-state index contributed by atoms with van der Waals surface area (Å²) in [4.78, 5) is 16.3. The summed E-state index contributed by atoms with van der Waals surface area (Å²) in [6.07, 6.45) is 2.16. The molecule has 0 aliphatic carbocycles. The molecule has 11 heteroatoms. The number of hydrogen-bond donors (Lipinski definition) is 4. The van der Waals surface area contributed by atoms with Crippen LogP contribution in [0.3, 0.4) is 0 Å². The van der Waals surface area contributed by atoms with Gasteiger partial charge in [0.2, 0.25) is 5.91 Å². The summed E-state index contributed by atoms with van der Waals surface area (Å²) in [6, 6.07) is 12.1. The highest BCUT2D eigenvalue weighted by molar-refractivity contribution is 6.58. The van der Waals surface area contributed by atoms with Gasteiger partial charge in [-0.1, -0.05) is 37.3 Å². The maximum Gasteiger partial charge on any atom is 0.488 e. The molecule has 0 fully saturated rings. The minimum atomic E-state index is -1.53. The molecule has 10 nitrogen and oxygen atoms in total. The van der Waals surface area contributed by atoms with Crippen molar-refractivity contribution in [3.05, 3.63) is 65.5 Å². The number of hydrogen-bond acceptors (Lipinski definition) is 8. The third-order valence-corrected chi connectivity index (χ3v) is 4.86. The van der Waals surface area contributed by atoms with E-state index in [1.807, 2.05) is 13.0 Å². The average Bonchev–Trinajstić information content (AvgIpc) is 3.21. The van der Waals surface area contributed by atoms with Crippen LogP contribution >= 0.6 is 0 Å². The normalized spacial score (nSPS) is 10.9. The molecule has 0 bridgehead atoms. The highest BCUT2D eigenvalue weighted by atomic mass is 16.4. The number of benzene rings is 2. The number of aryl methyl sites for hydroxylation is 1. The molecular weight excluding hydrogens is 397 g/mol. The van der Waals surface area contributed by atoms with Gasteiger partial charge in [0.1, 0.15) is 5.69 Å². The minimum Gasteiger partial charge on any atom is -0.423 e. The van der Waals surface area contributed by atoms with Gasteiger partial charge in [-0.05, 0) is 29.6 Å². The van der Waals surface area contributed by atoms with Crippen molar-refractivity contribution in [2.24, 2.45) is 5.73 Å². The van der Waals surface area contributed by atoms with Gasteiger partial charge in [-0.25, -0.2) is 0 Å². The second-order valence-corrected chi connectivity index (χ2v) is 6.89. The van der Waals surface area contributed by atoms with Crippen molar-refractivity contribution in [2.75, 3.05) is 5.32 Å². The molecule has 2 aromatic heterocycles. The zero-order valence-corrected chi connectivity index (χ0v) is 16.7. The number of nitrogens with one attached hydrogen (secondary N) is 1. The molecule has 4 rings (SSSR count). The van der Waals surface area contributed by atoms with Crippen LogP contribution in [0.5, 0.6) is 0 Å². The van der Waals surface area contributed by atoms with Crippen LogP contribution in [-0.4, -0.2) is 48.0 Å². The van der Waals surface area contributed by atoms with E-state index >= 15 is 0 Å². The third kappa shape index (κ3) is 4.09. The fraction of sp³-hybridized carbons (Fsp3) is 0.150. The van der Waals surface area contributed by atoms with Gasteiger partial charge in [0.15, 0.2) is 5.82 Å². The summed E-state index contributed by atoms with van der Waals surface area (Å²) in [7, 11) is -1.53. The zero-order valence-electron chi connectivity index (χ0n) is 16.7. The lowest BCUT2D eigenvalue weighted by Crippen LogP contribution is -2.30. The van der Waals surface area contributed by atoms with E-state index in [0.29, 0.717) is 46.4 Å². The Morgan fingerprint density at radius 1 is 1.19 bits per heavy atom. The Morgan fingerprint density at radius 2 is 2.00 bits per heavy atom. The van der Waals surface area contributed by atoms with Gasteiger partial charge in [0.25, 0.3) is 5.95 Å². The summed E-state index contributed by atoms with van der Waals surface area (Å²) >= 11 is 0. The Kier molecular flexibility index (Phi) is 5.61. The first kappa shape index (κ1) is 20.4. The number of aromatic nitrogens is 5. The van der Waals surface area contributed by atoms with Crippen LogP contribution in [0.15, 0.2) is 48.7 Å². The Hall–Kier alpha value is -3.83. The first-order valence-electron chi connectivity index (χ1n) is 9.67. The maximum atomic E-state index is 11.7. The van der Waals surface area contributed by atoms with E-state index in [0.717, 1.165) is 5.56 Å². The molecule has 5 N–H and O–H groups in total. The quantitative estimate of drug-likeness (QED) is 0.311. The van der Waals surface area contributed by atoms with Crippen LogP contribution in [0.25, 0.3) is 16.9 Å². The van der Waals surface area contributed by atoms with Crippen LogP contribution in [0.4, 0.5) is 5.82 Å². The van der Waals surface area contributed by atoms with Crippen molar-refractivity contribution >= 4 is 35.2 Å². The Labute approximate surface area is 177 Å². The van der Waals surface area contributed by atoms with Crippen molar-refractivity contribution < 1.29 is 14.8 Å². The molecule has 1 amide bonds. The highest BCUT2D eigenvalue weighted by Crippen LogP contribution is 2.21. The Bertz CT molecular complexity index is 1260. The van der Waals surface area contributed by atoms with Crippen LogP contribution in [0.2, 0.25) is 0 Å². The molecule has 4 aromatic rings. The number of rotatable bonds is 7. The summed E-state index contributed by atoms with van der Waals surface area (Å²) in [5.74, 6) is 0.246. The lowest BCUT2D eigenvalue weighted by Gasteiger charge is -2.11. The number of carbonyl (C=O) groups excluding carboxylic acids is 1. The predicted molar refractivity (Wildman–Crippen MR) is 116 cm³/mol. The fourth-order valence-electron chi connectivity index (χ4n) is 3.28. The van der Waals surface area contributed by atoms with Gasteiger partial charge < -0.3 is 21.1 Å². The summed E-state index contributed by atoms with van der Waals surface area (Å²) in [6.45, 7) is 2.35. The molecular formula is C20H20BN7O3. The first-order chi connectivity index (χ1) is 15.0. The molecule has 2 heterocycles. The highest BCUT2D eigenvalue weighted by Gasteiger charge is 2.16. The van der Waals surface area contributed by atoms with Crippen LogP contribution in [0.1, 0.15) is 28.5 Å². The lowest BCUT2D eigenvalue weighted by atomic mass is 9.80. The molecule has 0 saturated heterocycles. The van der Waals surface area contributed by atoms with Gasteiger partial charge in [-0.3, -0.25) is 4.79 Å². The number of nitrogens with zero attached hydrogens (tertiary/aromatic N) is 5. The van der Waals surface area contributed by atoms with Crippen molar-refractivity contribution in [2.45, 2.75) is 19.9 Å². The van der Waals surface area contributed by atoms with Crippen LogP contribution in [-0.2, 0) is 13.0 Å². The molecule has 0 atom stereocenters. The number of carbonyl (C=O) groups is 1. The van der Waals surface area contributed by atoms with Crippen molar-refractivity contribution in [3.63, 3.8) is 0 Å². The molecule has 0 unspecified atom stereocenters. The molecule has 0 spiro atoms. The summed E-state index contributed by atoms with van der Waals surface area (Å²) in [5, 5.41) is 35.3. The summed E-state index contributed by atoms with van der Waals surface area (Å²) < 4.78 is 1.50. The van der Waals surface area contributed by atoms with E-state index in [2.05, 4.69) is 25.6 Å². The van der Waals surface area contributed by atoms with E-state index in [-0.39, 0.29) is 5.95 Å². The van der Waals surface area contributed by atoms with Crippen LogP contribution in [0, 0.1) is 0 Å². The predicted octanol–water partition coefficient (Wildman–Crippen LogP) is 0.164. The van der Waals surface area contributed by atoms with E-state index in [9.17, 15) is 14.8 Å². The van der Waals surface area contributed by atoms with E-state index in [1.165, 1.54) is 4.68 Å². The third-order valence-electron chi connectivity index (χ3n) is 4.86. The van der Waals surface area contributed by atoms with E-state index in [1.54, 1.807) is 42.6 Å². The van der Waals surface area contributed by atoms with Gasteiger partial charge in [0, 0.05) is 11.9 Å². The van der Waals surface area contributed by atoms with Gasteiger partial charge >= 0.3 is 7.12 Å². The Morgan fingerprint density at radius 3 is 2.74 bits per heavy atom.